The summed E-state index contributed by atoms with van der Waals surface area (Å²) in [5.41, 5.74) is 3.09. The van der Waals surface area contributed by atoms with E-state index >= 15 is 0 Å². The van der Waals surface area contributed by atoms with Crippen molar-refractivity contribution in [3.8, 4) is 5.69 Å². The van der Waals surface area contributed by atoms with E-state index in [9.17, 15) is 14.0 Å². The van der Waals surface area contributed by atoms with Crippen LogP contribution >= 0.6 is 11.6 Å². The highest BCUT2D eigenvalue weighted by atomic mass is 35.5. The van der Waals surface area contributed by atoms with Crippen LogP contribution in [0.4, 0.5) is 4.39 Å². The summed E-state index contributed by atoms with van der Waals surface area (Å²) in [5.74, 6) is -0.313. The van der Waals surface area contributed by atoms with Crippen LogP contribution in [0.1, 0.15) is 34.6 Å². The molecule has 0 radical (unpaired) electrons. The van der Waals surface area contributed by atoms with Crippen LogP contribution in [0.2, 0.25) is 5.02 Å². The highest BCUT2D eigenvalue weighted by Crippen LogP contribution is 2.25. The number of rotatable bonds is 5. The minimum absolute atomic E-state index is 0.0321. The molecule has 1 aliphatic heterocycles. The Kier molecular flexibility index (Phi) is 6.20. The van der Waals surface area contributed by atoms with E-state index in [4.69, 9.17) is 11.6 Å². The second-order valence-corrected chi connectivity index (χ2v) is 7.71. The lowest BCUT2D eigenvalue weighted by molar-refractivity contribution is -0.125. The Balaban J connectivity index is 1.73. The van der Waals surface area contributed by atoms with Crippen LogP contribution in [0, 0.1) is 25.6 Å². The summed E-state index contributed by atoms with van der Waals surface area (Å²) < 4.78 is 15.4. The lowest BCUT2D eigenvalue weighted by atomic mass is 9.95. The Hall–Kier alpha value is -2.18. The van der Waals surface area contributed by atoms with Crippen LogP contribution in [0.25, 0.3) is 5.69 Å². The van der Waals surface area contributed by atoms with Crippen LogP contribution in [-0.2, 0) is 4.79 Å². The average molecular weight is 406 g/mol. The van der Waals surface area contributed by atoms with Crippen LogP contribution in [0.3, 0.4) is 0 Å². The highest BCUT2D eigenvalue weighted by Gasteiger charge is 2.26. The summed E-state index contributed by atoms with van der Waals surface area (Å²) in [5, 5.41) is 2.75. The SMILES string of the molecule is CNC(=O)C1CCN(CC(=O)c2cc(C)n(-c3ccc(F)c(Cl)c3)c2C)CC1. The van der Waals surface area contributed by atoms with Crippen molar-refractivity contribution in [2.45, 2.75) is 26.7 Å². The maximum absolute atomic E-state index is 13.5. The van der Waals surface area contributed by atoms with Gasteiger partial charge in [0.15, 0.2) is 5.78 Å². The minimum atomic E-state index is -0.468. The number of halogens is 2. The fourth-order valence-corrected chi connectivity index (χ4v) is 4.09. The molecular formula is C21H25ClFN3O2. The Bertz CT molecular complexity index is 901. The minimum Gasteiger partial charge on any atom is -0.359 e. The second-order valence-electron chi connectivity index (χ2n) is 7.31. The molecule has 150 valence electrons. The molecule has 1 aromatic carbocycles. The molecule has 0 spiro atoms. The zero-order valence-electron chi connectivity index (χ0n) is 16.4. The monoisotopic (exact) mass is 405 g/mol. The first kappa shape index (κ1) is 20.6. The van der Waals surface area contributed by atoms with Crippen LogP contribution < -0.4 is 5.32 Å². The number of amides is 1. The normalized spacial score (nSPS) is 15.6. The Morgan fingerprint density at radius 1 is 1.21 bits per heavy atom. The van der Waals surface area contributed by atoms with Gasteiger partial charge in [0.25, 0.3) is 0 Å². The first-order valence-electron chi connectivity index (χ1n) is 9.43. The molecule has 1 amide bonds. The van der Waals surface area contributed by atoms with Gasteiger partial charge in [0.2, 0.25) is 5.91 Å². The van der Waals surface area contributed by atoms with Gasteiger partial charge in [-0.3, -0.25) is 14.5 Å². The zero-order chi connectivity index (χ0) is 20.4. The van der Waals surface area contributed by atoms with Gasteiger partial charge in [-0.25, -0.2) is 4.39 Å². The molecule has 0 atom stereocenters. The topological polar surface area (TPSA) is 54.3 Å². The molecule has 2 heterocycles. The number of carbonyl (C=O) groups excluding carboxylic acids is 2. The van der Waals surface area contributed by atoms with E-state index < -0.39 is 5.82 Å². The van der Waals surface area contributed by atoms with Gasteiger partial charge in [-0.15, -0.1) is 0 Å². The highest BCUT2D eigenvalue weighted by molar-refractivity contribution is 6.30. The van der Waals surface area contributed by atoms with Gasteiger partial charge >= 0.3 is 0 Å². The van der Waals surface area contributed by atoms with E-state index in [1.807, 2.05) is 24.5 Å². The number of likely N-dealkylation sites (tertiary alicyclic amines) is 1. The zero-order valence-corrected chi connectivity index (χ0v) is 17.1. The largest absolute Gasteiger partial charge is 0.359 e. The number of aromatic nitrogens is 1. The van der Waals surface area contributed by atoms with Crippen LogP contribution in [0.15, 0.2) is 24.3 Å². The van der Waals surface area contributed by atoms with E-state index in [0.717, 1.165) is 43.0 Å². The van der Waals surface area contributed by atoms with Crippen LogP contribution in [-0.4, -0.2) is 47.8 Å². The summed E-state index contributed by atoms with van der Waals surface area (Å²) in [6, 6.07) is 6.41. The number of hydrogen-bond donors (Lipinski definition) is 1. The van der Waals surface area contributed by atoms with E-state index in [-0.39, 0.29) is 22.6 Å². The third kappa shape index (κ3) is 4.13. The number of nitrogens with zero attached hydrogens (tertiary/aromatic N) is 2. The molecule has 7 heteroatoms. The number of benzene rings is 1. The third-order valence-electron chi connectivity index (χ3n) is 5.46. The van der Waals surface area contributed by atoms with Crippen molar-refractivity contribution in [1.82, 2.24) is 14.8 Å². The first-order chi connectivity index (χ1) is 13.3. The molecule has 2 aromatic rings. The predicted molar refractivity (Wildman–Crippen MR) is 108 cm³/mol. The number of Topliss-reactive ketones (excluding diaryl/α,β-unsaturated/α-hetero) is 1. The Morgan fingerprint density at radius 2 is 1.89 bits per heavy atom. The van der Waals surface area contributed by atoms with Crippen LogP contribution in [0.5, 0.6) is 0 Å². The van der Waals surface area contributed by atoms with Crippen molar-refractivity contribution in [2.24, 2.45) is 5.92 Å². The van der Waals surface area contributed by atoms with Crippen molar-refractivity contribution in [1.29, 1.82) is 0 Å². The molecule has 5 nitrogen and oxygen atoms in total. The molecule has 0 saturated carbocycles. The summed E-state index contributed by atoms with van der Waals surface area (Å²) >= 11 is 5.92. The number of hydrogen-bond acceptors (Lipinski definition) is 3. The molecule has 0 unspecified atom stereocenters. The van der Waals surface area contributed by atoms with Gasteiger partial charge in [0.05, 0.1) is 11.6 Å². The van der Waals surface area contributed by atoms with Crippen molar-refractivity contribution in [2.75, 3.05) is 26.7 Å². The summed E-state index contributed by atoms with van der Waals surface area (Å²) in [6.45, 7) is 5.59. The molecule has 0 aliphatic carbocycles. The average Bonchev–Trinajstić information content (AvgIpc) is 2.98. The molecule has 3 rings (SSSR count). The van der Waals surface area contributed by atoms with Crippen molar-refractivity contribution in [3.63, 3.8) is 0 Å². The molecule has 28 heavy (non-hydrogen) atoms. The van der Waals surface area contributed by atoms with Gasteiger partial charge in [-0.1, -0.05) is 11.6 Å². The van der Waals surface area contributed by atoms with E-state index in [1.165, 1.54) is 6.07 Å². The first-order valence-corrected chi connectivity index (χ1v) is 9.81. The number of carbonyl (C=O) groups is 2. The van der Waals surface area contributed by atoms with Gasteiger partial charge in [-0.05, 0) is 64.0 Å². The summed E-state index contributed by atoms with van der Waals surface area (Å²) in [4.78, 5) is 26.8. The molecule has 1 N–H and O–H groups in total. The third-order valence-corrected chi connectivity index (χ3v) is 5.75. The second kappa shape index (κ2) is 8.45. The fraction of sp³-hybridized carbons (Fsp3) is 0.429. The van der Waals surface area contributed by atoms with E-state index in [1.54, 1.807) is 19.2 Å². The molecule has 1 aromatic heterocycles. The summed E-state index contributed by atoms with van der Waals surface area (Å²) in [6.07, 6.45) is 1.53. The molecule has 1 aliphatic rings. The Labute approximate surface area is 169 Å². The lowest BCUT2D eigenvalue weighted by Gasteiger charge is -2.30. The smallest absolute Gasteiger partial charge is 0.222 e. The van der Waals surface area contributed by atoms with Crippen molar-refractivity contribution >= 4 is 23.3 Å². The molecule has 0 bridgehead atoms. The van der Waals surface area contributed by atoms with E-state index in [2.05, 4.69) is 10.2 Å². The maximum atomic E-state index is 13.5. The van der Waals surface area contributed by atoms with Gasteiger partial charge < -0.3 is 9.88 Å². The van der Waals surface area contributed by atoms with Crippen molar-refractivity contribution < 1.29 is 14.0 Å². The molecular weight excluding hydrogens is 381 g/mol. The number of nitrogens with one attached hydrogen (secondary N) is 1. The number of aryl methyl sites for hydroxylation is 1. The number of piperidine rings is 1. The van der Waals surface area contributed by atoms with Gasteiger partial charge in [-0.2, -0.15) is 0 Å². The predicted octanol–water partition coefficient (Wildman–Crippen LogP) is 3.53. The standard InChI is InChI=1S/C21H25ClFN3O2/c1-13-10-17(14(2)26(13)16-4-5-19(23)18(22)11-16)20(27)12-25-8-6-15(7-9-25)21(28)24-3/h4-5,10-11,15H,6-9,12H2,1-3H3,(H,24,28). The molecule has 1 saturated heterocycles. The summed E-state index contributed by atoms with van der Waals surface area (Å²) in [7, 11) is 1.66. The molecule has 1 fully saturated rings. The quantitative estimate of drug-likeness (QED) is 0.774. The van der Waals surface area contributed by atoms with Crippen molar-refractivity contribution in [3.05, 3.63) is 52.1 Å². The fourth-order valence-electron chi connectivity index (χ4n) is 3.91. The lowest BCUT2D eigenvalue weighted by Crippen LogP contribution is -2.41. The van der Waals surface area contributed by atoms with E-state index in [0.29, 0.717) is 12.1 Å². The maximum Gasteiger partial charge on any atom is 0.222 e. The number of ketones is 1. The van der Waals surface area contributed by atoms with Gasteiger partial charge in [0, 0.05) is 35.6 Å². The Morgan fingerprint density at radius 3 is 2.50 bits per heavy atom. The van der Waals surface area contributed by atoms with Gasteiger partial charge in [0.1, 0.15) is 5.82 Å².